The van der Waals surface area contributed by atoms with E-state index in [1.165, 1.54) is 6.92 Å². The molecule has 1 aliphatic heterocycles. The number of esters is 1. The van der Waals surface area contributed by atoms with E-state index < -0.39 is 49.0 Å². The van der Waals surface area contributed by atoms with E-state index in [0.717, 1.165) is 50.5 Å². The number of carbonyl (C=O) groups excluding carboxylic acids is 1. The number of aliphatic hydroxyl groups excluding tert-OH is 5. The summed E-state index contributed by atoms with van der Waals surface area (Å²) in [4.78, 5) is 12.0. The highest BCUT2D eigenvalue weighted by Crippen LogP contribution is 2.76. The lowest BCUT2D eigenvalue weighted by Gasteiger charge is -2.71. The number of hydrogen-bond donors (Lipinski definition) is 6. The van der Waals surface area contributed by atoms with Gasteiger partial charge in [-0.2, -0.15) is 0 Å². The molecule has 48 heavy (non-hydrogen) atoms. The smallest absolute Gasteiger partial charge is 0.302 e. The van der Waals surface area contributed by atoms with Gasteiger partial charge in [0.25, 0.3) is 0 Å². The van der Waals surface area contributed by atoms with Gasteiger partial charge in [-0.15, -0.1) is 0 Å². The van der Waals surface area contributed by atoms with Gasteiger partial charge in [0.15, 0.2) is 6.29 Å². The summed E-state index contributed by atoms with van der Waals surface area (Å²) < 4.78 is 17.0. The van der Waals surface area contributed by atoms with Gasteiger partial charge in [0.05, 0.1) is 24.9 Å². The minimum absolute atomic E-state index is 0.0125. The lowest BCUT2D eigenvalue weighted by Crippen LogP contribution is -2.68. The molecule has 5 aliphatic rings. The highest BCUT2D eigenvalue weighted by molar-refractivity contribution is 5.66. The molecule has 4 saturated carbocycles. The molecule has 0 aromatic heterocycles. The van der Waals surface area contributed by atoms with Crippen LogP contribution in [0.25, 0.3) is 0 Å². The van der Waals surface area contributed by atoms with Crippen molar-refractivity contribution in [2.24, 2.45) is 45.3 Å². The first-order chi connectivity index (χ1) is 22.2. The lowest BCUT2D eigenvalue weighted by molar-refractivity contribution is -0.299. The highest BCUT2D eigenvalue weighted by atomic mass is 16.7. The molecule has 1 heterocycles. The van der Waals surface area contributed by atoms with Gasteiger partial charge in [-0.1, -0.05) is 46.3 Å². The third kappa shape index (κ3) is 6.22. The Morgan fingerprint density at radius 1 is 0.938 bits per heavy atom. The van der Waals surface area contributed by atoms with Crippen LogP contribution in [0.2, 0.25) is 0 Å². The summed E-state index contributed by atoms with van der Waals surface area (Å²) in [5.74, 6) is 0.733. The maximum absolute atomic E-state index is 12.0. The van der Waals surface area contributed by atoms with E-state index >= 15 is 0 Å². The summed E-state index contributed by atoms with van der Waals surface area (Å²) in [5, 5.41) is 63.8. The lowest BCUT2D eigenvalue weighted by atomic mass is 9.35. The zero-order chi connectivity index (χ0) is 35.6. The van der Waals surface area contributed by atoms with Crippen molar-refractivity contribution in [1.82, 2.24) is 0 Å². The average molecular weight is 681 g/mol. The van der Waals surface area contributed by atoms with Crippen molar-refractivity contribution in [3.8, 4) is 0 Å². The number of carbonyl (C=O) groups is 1. The van der Waals surface area contributed by atoms with E-state index in [0.29, 0.717) is 24.7 Å². The fourth-order valence-corrected chi connectivity index (χ4v) is 12.3. The van der Waals surface area contributed by atoms with Crippen LogP contribution in [0.4, 0.5) is 0 Å². The number of hydrogen-bond acceptors (Lipinski definition) is 10. The van der Waals surface area contributed by atoms with Gasteiger partial charge >= 0.3 is 5.97 Å². The monoisotopic (exact) mass is 680 g/mol. The van der Waals surface area contributed by atoms with Crippen LogP contribution in [0.15, 0.2) is 11.6 Å². The Balaban J connectivity index is 1.24. The predicted octanol–water partition coefficient (Wildman–Crippen LogP) is 3.87. The van der Waals surface area contributed by atoms with E-state index in [-0.39, 0.29) is 52.2 Å². The molecule has 1 saturated heterocycles. The SMILES string of the molecule is CC(=O)OC1CCC2(C)C(C(O)CC3(C)C2CCC2C(C(C)(O)CCC=C(C)COC4OC(CO)C(O)C(O)C4O)CCC23C)C1(C)C. The fourth-order valence-electron chi connectivity index (χ4n) is 12.3. The van der Waals surface area contributed by atoms with Crippen LogP contribution in [0.3, 0.4) is 0 Å². The molecule has 10 nitrogen and oxygen atoms in total. The van der Waals surface area contributed by atoms with E-state index in [2.05, 4.69) is 34.6 Å². The molecule has 0 spiro atoms. The third-order valence-electron chi connectivity index (χ3n) is 14.8. The molecule has 5 fully saturated rings. The molecule has 15 unspecified atom stereocenters. The van der Waals surface area contributed by atoms with E-state index in [1.54, 1.807) is 0 Å². The molecule has 276 valence electrons. The molecule has 4 aliphatic carbocycles. The Hall–Kier alpha value is -1.11. The first kappa shape index (κ1) is 38.1. The molecular weight excluding hydrogens is 616 g/mol. The van der Waals surface area contributed by atoms with Gasteiger partial charge in [-0.05, 0) is 112 Å². The van der Waals surface area contributed by atoms with Gasteiger partial charge in [0.2, 0.25) is 0 Å². The molecule has 0 aromatic carbocycles. The molecular formula is C38H64O10. The molecule has 5 rings (SSSR count). The fraction of sp³-hybridized carbons (Fsp3) is 0.921. The molecule has 0 aromatic rings. The zero-order valence-corrected chi connectivity index (χ0v) is 30.5. The number of aliphatic hydroxyl groups is 6. The molecule has 15 atom stereocenters. The van der Waals surface area contributed by atoms with Crippen molar-refractivity contribution >= 4 is 5.97 Å². The number of fused-ring (bicyclic) bond motifs is 5. The van der Waals surface area contributed by atoms with Crippen LogP contribution in [0, 0.1) is 45.3 Å². The maximum Gasteiger partial charge on any atom is 0.302 e. The quantitative estimate of drug-likeness (QED) is 0.156. The van der Waals surface area contributed by atoms with Crippen LogP contribution in [-0.2, 0) is 19.0 Å². The molecule has 0 bridgehead atoms. The number of allylic oxidation sites excluding steroid dienone is 1. The largest absolute Gasteiger partial charge is 0.462 e. The van der Waals surface area contributed by atoms with Crippen LogP contribution >= 0.6 is 0 Å². The minimum Gasteiger partial charge on any atom is -0.462 e. The summed E-state index contributed by atoms with van der Waals surface area (Å²) in [5.41, 5.74) is -0.469. The Kier molecular flexibility index (Phi) is 10.7. The van der Waals surface area contributed by atoms with Crippen LogP contribution in [0.5, 0.6) is 0 Å². The third-order valence-corrected chi connectivity index (χ3v) is 14.8. The van der Waals surface area contributed by atoms with Crippen molar-refractivity contribution in [3.05, 3.63) is 11.6 Å². The summed E-state index contributed by atoms with van der Waals surface area (Å²) in [7, 11) is 0. The van der Waals surface area contributed by atoms with Gasteiger partial charge in [-0.25, -0.2) is 0 Å². The van der Waals surface area contributed by atoms with E-state index in [4.69, 9.17) is 14.2 Å². The Morgan fingerprint density at radius 3 is 2.27 bits per heavy atom. The van der Waals surface area contributed by atoms with Crippen LogP contribution in [0.1, 0.15) is 113 Å². The first-order valence-corrected chi connectivity index (χ1v) is 18.4. The molecule has 0 radical (unpaired) electrons. The van der Waals surface area contributed by atoms with Crippen molar-refractivity contribution in [1.29, 1.82) is 0 Å². The average Bonchev–Trinajstić information content (AvgIpc) is 3.36. The van der Waals surface area contributed by atoms with E-state index in [1.807, 2.05) is 19.9 Å². The molecule has 10 heteroatoms. The second-order valence-corrected chi connectivity index (χ2v) is 17.9. The first-order valence-electron chi connectivity index (χ1n) is 18.4. The van der Waals surface area contributed by atoms with Crippen molar-refractivity contribution in [2.45, 2.75) is 162 Å². The van der Waals surface area contributed by atoms with Crippen molar-refractivity contribution in [3.63, 3.8) is 0 Å². The Labute approximate surface area is 287 Å². The van der Waals surface area contributed by atoms with Gasteiger partial charge in [0, 0.05) is 12.3 Å². The minimum atomic E-state index is -1.48. The normalized spacial score (nSPS) is 48.5. The van der Waals surface area contributed by atoms with Gasteiger partial charge < -0.3 is 44.8 Å². The standard InChI is InChI=1S/C38H64O10/c1-21(20-46-33-31(44)30(43)29(42)26(19-39)48-33)10-9-15-38(8,45)24-13-17-36(6)23(24)11-12-27-35(5)16-14-28(47-22(2)40)34(3,4)32(35)25(41)18-37(27,36)7/h10,23-33,39,41-45H,9,11-20H2,1-8H3. The number of rotatable bonds is 9. The Morgan fingerprint density at radius 2 is 1.62 bits per heavy atom. The highest BCUT2D eigenvalue weighted by Gasteiger charge is 2.71. The zero-order valence-electron chi connectivity index (χ0n) is 30.5. The predicted molar refractivity (Wildman–Crippen MR) is 179 cm³/mol. The second kappa shape index (κ2) is 13.5. The number of ether oxygens (including phenoxy) is 3. The van der Waals surface area contributed by atoms with Crippen LogP contribution in [-0.4, -0.2) is 98.3 Å². The van der Waals surface area contributed by atoms with E-state index in [9.17, 15) is 35.4 Å². The Bertz CT molecular complexity index is 1200. The second-order valence-electron chi connectivity index (χ2n) is 17.9. The van der Waals surface area contributed by atoms with Gasteiger partial charge in [-0.3, -0.25) is 4.79 Å². The van der Waals surface area contributed by atoms with Gasteiger partial charge in [0.1, 0.15) is 30.5 Å². The van der Waals surface area contributed by atoms with Crippen LogP contribution < -0.4 is 0 Å². The summed E-state index contributed by atoms with van der Waals surface area (Å²) in [6, 6.07) is 0. The molecule has 0 amide bonds. The maximum atomic E-state index is 12.0. The summed E-state index contributed by atoms with van der Waals surface area (Å²) in [6.45, 7) is 16.6. The summed E-state index contributed by atoms with van der Waals surface area (Å²) >= 11 is 0. The topological polar surface area (TPSA) is 166 Å². The molecule has 6 N–H and O–H groups in total. The van der Waals surface area contributed by atoms with Crippen molar-refractivity contribution in [2.75, 3.05) is 13.2 Å². The van der Waals surface area contributed by atoms with Crippen molar-refractivity contribution < 1.29 is 49.6 Å². The summed E-state index contributed by atoms with van der Waals surface area (Å²) in [6.07, 6.45) is 2.64.